The van der Waals surface area contributed by atoms with Gasteiger partial charge in [0.25, 0.3) is 11.7 Å². The molecule has 29 heavy (non-hydrogen) atoms. The molecule has 0 bridgehead atoms. The molecule has 2 aromatic heterocycles. The zero-order chi connectivity index (χ0) is 20.8. The van der Waals surface area contributed by atoms with Crippen LogP contribution in [0.2, 0.25) is 0 Å². The SMILES string of the molecule is CCOC(=O)c1ccn(-c2cccc(NC(=O)c3cccnc3SC(F)F)c2)n1. The van der Waals surface area contributed by atoms with E-state index in [9.17, 15) is 18.4 Å². The highest BCUT2D eigenvalue weighted by molar-refractivity contribution is 7.99. The summed E-state index contributed by atoms with van der Waals surface area (Å²) >= 11 is 0.210. The summed E-state index contributed by atoms with van der Waals surface area (Å²) in [6.45, 7) is 1.95. The van der Waals surface area contributed by atoms with Crippen molar-refractivity contribution in [1.82, 2.24) is 14.8 Å². The number of benzene rings is 1. The molecule has 0 aliphatic carbocycles. The average molecular weight is 418 g/mol. The zero-order valence-corrected chi connectivity index (χ0v) is 16.0. The maximum Gasteiger partial charge on any atom is 0.358 e. The quantitative estimate of drug-likeness (QED) is 0.461. The number of rotatable bonds is 7. The van der Waals surface area contributed by atoms with Gasteiger partial charge in [-0.2, -0.15) is 13.9 Å². The van der Waals surface area contributed by atoms with Crippen molar-refractivity contribution in [3.63, 3.8) is 0 Å². The van der Waals surface area contributed by atoms with Gasteiger partial charge in [0.15, 0.2) is 5.69 Å². The first-order chi connectivity index (χ1) is 14.0. The molecular weight excluding hydrogens is 402 g/mol. The van der Waals surface area contributed by atoms with Crippen molar-refractivity contribution in [3.05, 3.63) is 66.1 Å². The molecule has 7 nitrogen and oxygen atoms in total. The molecule has 0 atom stereocenters. The van der Waals surface area contributed by atoms with Crippen LogP contribution in [0.4, 0.5) is 14.5 Å². The minimum atomic E-state index is -2.69. The highest BCUT2D eigenvalue weighted by atomic mass is 32.2. The number of anilines is 1. The molecule has 1 N–H and O–H groups in total. The Balaban J connectivity index is 1.79. The van der Waals surface area contributed by atoms with E-state index in [0.29, 0.717) is 11.4 Å². The normalized spacial score (nSPS) is 10.8. The number of carbonyl (C=O) groups excluding carboxylic acids is 2. The summed E-state index contributed by atoms with van der Waals surface area (Å²) in [5.41, 5.74) is 1.22. The van der Waals surface area contributed by atoms with Gasteiger partial charge in [0.05, 0.1) is 17.9 Å². The second-order valence-corrected chi connectivity index (χ2v) is 6.58. The number of hydrogen-bond acceptors (Lipinski definition) is 6. The summed E-state index contributed by atoms with van der Waals surface area (Å²) in [5.74, 6) is -3.78. The first-order valence-electron chi connectivity index (χ1n) is 8.52. The summed E-state index contributed by atoms with van der Waals surface area (Å²) in [5, 5.41) is 6.77. The van der Waals surface area contributed by atoms with Crippen LogP contribution in [0.15, 0.2) is 59.9 Å². The number of carbonyl (C=O) groups is 2. The van der Waals surface area contributed by atoms with Crippen LogP contribution in [-0.2, 0) is 4.74 Å². The first kappa shape index (κ1) is 20.5. The first-order valence-corrected chi connectivity index (χ1v) is 9.40. The molecular formula is C19H16F2N4O3S. The molecule has 1 aromatic carbocycles. The molecule has 0 fully saturated rings. The van der Waals surface area contributed by atoms with Gasteiger partial charge in [-0.25, -0.2) is 14.5 Å². The third-order valence-electron chi connectivity index (χ3n) is 3.66. The maximum atomic E-state index is 12.7. The van der Waals surface area contributed by atoms with Crippen LogP contribution in [0.1, 0.15) is 27.8 Å². The van der Waals surface area contributed by atoms with Gasteiger partial charge in [0.2, 0.25) is 0 Å². The lowest BCUT2D eigenvalue weighted by molar-refractivity contribution is 0.0519. The van der Waals surface area contributed by atoms with E-state index < -0.39 is 17.6 Å². The predicted octanol–water partition coefficient (Wildman–Crippen LogP) is 4.01. The number of aromatic nitrogens is 3. The Bertz CT molecular complexity index is 1030. The second-order valence-electron chi connectivity index (χ2n) is 5.61. The van der Waals surface area contributed by atoms with Crippen LogP contribution in [0, 0.1) is 0 Å². The van der Waals surface area contributed by atoms with Crippen molar-refractivity contribution in [2.75, 3.05) is 11.9 Å². The van der Waals surface area contributed by atoms with Crippen molar-refractivity contribution in [3.8, 4) is 5.69 Å². The predicted molar refractivity (Wildman–Crippen MR) is 104 cm³/mol. The molecule has 0 aliphatic rings. The molecule has 1 amide bonds. The topological polar surface area (TPSA) is 86.1 Å². The number of nitrogens with zero attached hydrogens (tertiary/aromatic N) is 3. The number of nitrogens with one attached hydrogen (secondary N) is 1. The number of ether oxygens (including phenoxy) is 1. The molecule has 3 rings (SSSR count). The molecule has 2 heterocycles. The monoisotopic (exact) mass is 418 g/mol. The minimum absolute atomic E-state index is 0.0480. The summed E-state index contributed by atoms with van der Waals surface area (Å²) in [7, 11) is 0. The van der Waals surface area contributed by atoms with Gasteiger partial charge < -0.3 is 10.1 Å². The number of hydrogen-bond donors (Lipinski definition) is 1. The Morgan fingerprint density at radius 1 is 1.24 bits per heavy atom. The van der Waals surface area contributed by atoms with Gasteiger partial charge in [-0.15, -0.1) is 0 Å². The highest BCUT2D eigenvalue weighted by Gasteiger charge is 2.17. The molecule has 0 saturated carbocycles. The van der Waals surface area contributed by atoms with E-state index in [-0.39, 0.29) is 34.7 Å². The Hall–Kier alpha value is -3.27. The smallest absolute Gasteiger partial charge is 0.358 e. The molecule has 10 heteroatoms. The Morgan fingerprint density at radius 3 is 2.83 bits per heavy atom. The number of halogens is 2. The lowest BCUT2D eigenvalue weighted by Gasteiger charge is -2.10. The Labute approximate surface area is 169 Å². The molecule has 0 saturated heterocycles. The van der Waals surface area contributed by atoms with Crippen molar-refractivity contribution < 1.29 is 23.1 Å². The third kappa shape index (κ3) is 5.17. The Kier molecular flexibility index (Phi) is 6.55. The minimum Gasteiger partial charge on any atom is -0.461 e. The molecule has 0 radical (unpaired) electrons. The third-order valence-corrected chi connectivity index (χ3v) is 4.39. The van der Waals surface area contributed by atoms with Gasteiger partial charge >= 0.3 is 5.97 Å². The van der Waals surface area contributed by atoms with E-state index in [4.69, 9.17) is 4.74 Å². The fourth-order valence-electron chi connectivity index (χ4n) is 2.45. The van der Waals surface area contributed by atoms with E-state index in [0.717, 1.165) is 0 Å². The summed E-state index contributed by atoms with van der Waals surface area (Å²) < 4.78 is 31.7. The molecule has 3 aromatic rings. The summed E-state index contributed by atoms with van der Waals surface area (Å²) in [6, 6.07) is 11.2. The maximum absolute atomic E-state index is 12.7. The van der Waals surface area contributed by atoms with Crippen LogP contribution in [0.25, 0.3) is 5.69 Å². The van der Waals surface area contributed by atoms with Crippen LogP contribution in [0.3, 0.4) is 0 Å². The number of amides is 1. The molecule has 0 aliphatic heterocycles. The second kappa shape index (κ2) is 9.28. The number of thioether (sulfide) groups is 1. The Morgan fingerprint density at radius 2 is 2.07 bits per heavy atom. The van der Waals surface area contributed by atoms with Gasteiger partial charge in [0, 0.05) is 18.1 Å². The lowest BCUT2D eigenvalue weighted by Crippen LogP contribution is -2.14. The van der Waals surface area contributed by atoms with Crippen LogP contribution < -0.4 is 5.32 Å². The number of esters is 1. The van der Waals surface area contributed by atoms with Crippen molar-refractivity contribution in [1.29, 1.82) is 0 Å². The fourth-order valence-corrected chi connectivity index (χ4v) is 3.03. The van der Waals surface area contributed by atoms with Gasteiger partial charge in [-0.3, -0.25) is 4.79 Å². The van der Waals surface area contributed by atoms with Crippen LogP contribution in [-0.4, -0.2) is 39.0 Å². The van der Waals surface area contributed by atoms with Crippen molar-refractivity contribution in [2.45, 2.75) is 17.7 Å². The number of alkyl halides is 2. The fraction of sp³-hybridized carbons (Fsp3) is 0.158. The summed E-state index contributed by atoms with van der Waals surface area (Å²) in [6.07, 6.45) is 2.94. The van der Waals surface area contributed by atoms with Gasteiger partial charge in [0.1, 0.15) is 5.03 Å². The zero-order valence-electron chi connectivity index (χ0n) is 15.2. The van der Waals surface area contributed by atoms with Gasteiger partial charge in [-0.05, 0) is 55.1 Å². The van der Waals surface area contributed by atoms with Crippen LogP contribution >= 0.6 is 11.8 Å². The average Bonchev–Trinajstić information content (AvgIpc) is 3.19. The van der Waals surface area contributed by atoms with E-state index in [1.54, 1.807) is 37.4 Å². The highest BCUT2D eigenvalue weighted by Crippen LogP contribution is 2.27. The molecule has 0 spiro atoms. The van der Waals surface area contributed by atoms with E-state index in [2.05, 4.69) is 15.4 Å². The van der Waals surface area contributed by atoms with E-state index in [1.807, 2.05) is 0 Å². The van der Waals surface area contributed by atoms with E-state index >= 15 is 0 Å². The lowest BCUT2D eigenvalue weighted by atomic mass is 10.2. The standard InChI is InChI=1S/C19H16F2N4O3S/c1-2-28-18(27)15-8-10-25(24-15)13-6-3-5-12(11-13)23-16(26)14-7-4-9-22-17(14)29-19(20)21/h3-11,19H,2H2,1H3,(H,23,26). The molecule has 0 unspecified atom stereocenters. The van der Waals surface area contributed by atoms with Crippen molar-refractivity contribution >= 4 is 29.3 Å². The summed E-state index contributed by atoms with van der Waals surface area (Å²) in [4.78, 5) is 28.1. The number of pyridine rings is 1. The van der Waals surface area contributed by atoms with Crippen molar-refractivity contribution in [2.24, 2.45) is 0 Å². The van der Waals surface area contributed by atoms with Crippen LogP contribution in [0.5, 0.6) is 0 Å². The molecule has 150 valence electrons. The largest absolute Gasteiger partial charge is 0.461 e. The van der Waals surface area contributed by atoms with E-state index in [1.165, 1.54) is 29.1 Å². The van der Waals surface area contributed by atoms with Gasteiger partial charge in [-0.1, -0.05) is 6.07 Å².